The summed E-state index contributed by atoms with van der Waals surface area (Å²) in [5.41, 5.74) is 3.59. The Bertz CT molecular complexity index is 855. The lowest BCUT2D eigenvalue weighted by molar-refractivity contribution is -0.117. The Labute approximate surface area is 152 Å². The fourth-order valence-electron chi connectivity index (χ4n) is 3.08. The van der Waals surface area contributed by atoms with Gasteiger partial charge in [-0.25, -0.2) is 4.79 Å². The molecule has 0 radical (unpaired) electrons. The fourth-order valence-corrected chi connectivity index (χ4v) is 3.08. The minimum absolute atomic E-state index is 0.103. The van der Waals surface area contributed by atoms with Crippen LogP contribution in [0.25, 0.3) is 0 Å². The average Bonchev–Trinajstić information content (AvgIpc) is 3.05. The van der Waals surface area contributed by atoms with Crippen LogP contribution in [0.5, 0.6) is 0 Å². The zero-order valence-corrected chi connectivity index (χ0v) is 15.0. The van der Waals surface area contributed by atoms with E-state index in [1.165, 1.54) is 0 Å². The SMILES string of the molecule is Cc1ccc(C(=O)OCC(=O)c2ccc(N3CCCC3=O)cc2)c(C)c1. The van der Waals surface area contributed by atoms with E-state index in [1.54, 1.807) is 35.2 Å². The highest BCUT2D eigenvalue weighted by atomic mass is 16.5. The lowest BCUT2D eigenvalue weighted by Gasteiger charge is -2.15. The molecule has 1 saturated heterocycles. The molecule has 1 heterocycles. The first-order valence-corrected chi connectivity index (χ1v) is 8.64. The average molecular weight is 351 g/mol. The largest absolute Gasteiger partial charge is 0.454 e. The molecule has 0 aliphatic carbocycles. The van der Waals surface area contributed by atoms with Gasteiger partial charge in [0.25, 0.3) is 0 Å². The van der Waals surface area contributed by atoms with Crippen LogP contribution in [0.2, 0.25) is 0 Å². The fraction of sp³-hybridized carbons (Fsp3) is 0.286. The number of carbonyl (C=O) groups is 3. The van der Waals surface area contributed by atoms with E-state index in [2.05, 4.69) is 0 Å². The van der Waals surface area contributed by atoms with Crippen LogP contribution in [0.3, 0.4) is 0 Å². The molecule has 2 aromatic carbocycles. The van der Waals surface area contributed by atoms with E-state index in [9.17, 15) is 14.4 Å². The number of ether oxygens (including phenoxy) is 1. The van der Waals surface area contributed by atoms with Gasteiger partial charge in [-0.2, -0.15) is 0 Å². The number of anilines is 1. The molecule has 1 aliphatic heterocycles. The molecule has 26 heavy (non-hydrogen) atoms. The molecular formula is C21H21NO4. The number of nitrogens with zero attached hydrogens (tertiary/aromatic N) is 1. The Balaban J connectivity index is 1.61. The highest BCUT2D eigenvalue weighted by Gasteiger charge is 2.22. The Morgan fingerprint density at radius 3 is 2.42 bits per heavy atom. The number of carbonyl (C=O) groups excluding carboxylic acids is 3. The molecule has 1 aliphatic rings. The van der Waals surface area contributed by atoms with Gasteiger partial charge in [0.15, 0.2) is 12.4 Å². The van der Waals surface area contributed by atoms with Crippen molar-refractivity contribution in [2.75, 3.05) is 18.1 Å². The van der Waals surface area contributed by atoms with Crippen LogP contribution in [-0.4, -0.2) is 30.8 Å². The first-order valence-electron chi connectivity index (χ1n) is 8.64. The van der Waals surface area contributed by atoms with Crippen LogP contribution in [-0.2, 0) is 9.53 Å². The molecule has 0 saturated carbocycles. The molecule has 1 amide bonds. The molecule has 0 aromatic heterocycles. The zero-order valence-electron chi connectivity index (χ0n) is 15.0. The first kappa shape index (κ1) is 17.9. The van der Waals surface area contributed by atoms with E-state index >= 15 is 0 Å². The van der Waals surface area contributed by atoms with Gasteiger partial charge in [0.1, 0.15) is 0 Å². The minimum Gasteiger partial charge on any atom is -0.454 e. The van der Waals surface area contributed by atoms with E-state index in [0.717, 1.165) is 23.2 Å². The number of Topliss-reactive ketones (excluding diaryl/α,β-unsaturated/α-hetero) is 1. The maximum atomic E-state index is 12.3. The number of hydrogen-bond donors (Lipinski definition) is 0. The summed E-state index contributed by atoms with van der Waals surface area (Å²) in [5, 5.41) is 0. The molecule has 3 rings (SSSR count). The maximum Gasteiger partial charge on any atom is 0.338 e. The number of hydrogen-bond acceptors (Lipinski definition) is 4. The van der Waals surface area contributed by atoms with Gasteiger partial charge in [0, 0.05) is 24.2 Å². The quantitative estimate of drug-likeness (QED) is 0.611. The van der Waals surface area contributed by atoms with Crippen LogP contribution in [0.4, 0.5) is 5.69 Å². The lowest BCUT2D eigenvalue weighted by atomic mass is 10.1. The molecule has 5 nitrogen and oxygen atoms in total. The van der Waals surface area contributed by atoms with Gasteiger partial charge in [-0.05, 0) is 56.2 Å². The maximum absolute atomic E-state index is 12.3. The van der Waals surface area contributed by atoms with Crippen LogP contribution in [0.1, 0.15) is 44.7 Å². The number of rotatable bonds is 5. The van der Waals surface area contributed by atoms with Crippen LogP contribution < -0.4 is 4.90 Å². The first-order chi connectivity index (χ1) is 12.5. The third-order valence-electron chi connectivity index (χ3n) is 4.51. The molecule has 134 valence electrons. The predicted octanol–water partition coefficient (Wildman–Crippen LogP) is 3.47. The molecule has 0 unspecified atom stereocenters. The Hall–Kier alpha value is -2.95. The Kier molecular flexibility index (Phi) is 5.16. The molecule has 1 fully saturated rings. The van der Waals surface area contributed by atoms with Gasteiger partial charge in [0.2, 0.25) is 5.91 Å². The van der Waals surface area contributed by atoms with Crippen LogP contribution in [0, 0.1) is 13.8 Å². The third-order valence-corrected chi connectivity index (χ3v) is 4.51. The standard InChI is InChI=1S/C21H21NO4/c1-14-5-10-18(15(2)12-14)21(25)26-13-19(23)16-6-8-17(9-7-16)22-11-3-4-20(22)24/h5-10,12H,3-4,11,13H2,1-2H3. The minimum atomic E-state index is -0.505. The summed E-state index contributed by atoms with van der Waals surface area (Å²) in [6.45, 7) is 4.18. The summed E-state index contributed by atoms with van der Waals surface area (Å²) in [5.74, 6) is -0.677. The predicted molar refractivity (Wildman–Crippen MR) is 98.6 cm³/mol. The van der Waals surface area contributed by atoms with Crippen molar-refractivity contribution in [3.8, 4) is 0 Å². The van der Waals surface area contributed by atoms with E-state index in [4.69, 9.17) is 4.74 Å². The van der Waals surface area contributed by atoms with E-state index in [-0.39, 0.29) is 18.3 Å². The summed E-state index contributed by atoms with van der Waals surface area (Å²) in [6, 6.07) is 12.3. The molecule has 5 heteroatoms. The topological polar surface area (TPSA) is 63.7 Å². The highest BCUT2D eigenvalue weighted by Crippen LogP contribution is 2.21. The van der Waals surface area contributed by atoms with Crippen LogP contribution >= 0.6 is 0 Å². The molecule has 2 aromatic rings. The van der Waals surface area contributed by atoms with Crippen molar-refractivity contribution in [1.82, 2.24) is 0 Å². The summed E-state index contributed by atoms with van der Waals surface area (Å²) < 4.78 is 5.16. The molecule has 0 atom stereocenters. The lowest BCUT2D eigenvalue weighted by Crippen LogP contribution is -2.23. The van der Waals surface area contributed by atoms with Crippen molar-refractivity contribution in [2.24, 2.45) is 0 Å². The molecule has 0 spiro atoms. The zero-order chi connectivity index (χ0) is 18.7. The smallest absolute Gasteiger partial charge is 0.338 e. The normalized spacial score (nSPS) is 13.8. The second-order valence-electron chi connectivity index (χ2n) is 6.51. The van der Waals surface area contributed by atoms with Gasteiger partial charge < -0.3 is 9.64 Å². The van der Waals surface area contributed by atoms with Gasteiger partial charge in [0.05, 0.1) is 5.56 Å². The van der Waals surface area contributed by atoms with Crippen molar-refractivity contribution in [1.29, 1.82) is 0 Å². The summed E-state index contributed by atoms with van der Waals surface area (Å²) >= 11 is 0. The van der Waals surface area contributed by atoms with Gasteiger partial charge >= 0.3 is 5.97 Å². The molecule has 0 N–H and O–H groups in total. The number of benzene rings is 2. The summed E-state index contributed by atoms with van der Waals surface area (Å²) in [6.07, 6.45) is 1.42. The number of ketones is 1. The Morgan fingerprint density at radius 1 is 1.08 bits per heavy atom. The van der Waals surface area contributed by atoms with Gasteiger partial charge in [-0.3, -0.25) is 9.59 Å². The van der Waals surface area contributed by atoms with Crippen molar-refractivity contribution >= 4 is 23.3 Å². The Morgan fingerprint density at radius 2 is 1.81 bits per heavy atom. The second kappa shape index (κ2) is 7.52. The van der Waals surface area contributed by atoms with Crippen molar-refractivity contribution in [3.63, 3.8) is 0 Å². The van der Waals surface area contributed by atoms with E-state index in [0.29, 0.717) is 24.1 Å². The second-order valence-corrected chi connectivity index (χ2v) is 6.51. The van der Waals surface area contributed by atoms with E-state index in [1.807, 2.05) is 26.0 Å². The number of amides is 1. The summed E-state index contributed by atoms with van der Waals surface area (Å²) in [7, 11) is 0. The van der Waals surface area contributed by atoms with Crippen molar-refractivity contribution in [3.05, 3.63) is 64.7 Å². The highest BCUT2D eigenvalue weighted by molar-refractivity contribution is 6.00. The van der Waals surface area contributed by atoms with E-state index < -0.39 is 5.97 Å². The molecule has 0 bridgehead atoms. The van der Waals surface area contributed by atoms with Crippen LogP contribution in [0.15, 0.2) is 42.5 Å². The number of aryl methyl sites for hydroxylation is 2. The van der Waals surface area contributed by atoms with Gasteiger partial charge in [-0.15, -0.1) is 0 Å². The summed E-state index contributed by atoms with van der Waals surface area (Å²) in [4.78, 5) is 37.9. The van der Waals surface area contributed by atoms with Crippen molar-refractivity contribution < 1.29 is 19.1 Å². The monoisotopic (exact) mass is 351 g/mol. The number of esters is 1. The molecular weight excluding hydrogens is 330 g/mol. The van der Waals surface area contributed by atoms with Crippen molar-refractivity contribution in [2.45, 2.75) is 26.7 Å². The van der Waals surface area contributed by atoms with Gasteiger partial charge in [-0.1, -0.05) is 17.7 Å². The third kappa shape index (κ3) is 3.82.